The van der Waals surface area contributed by atoms with Gasteiger partial charge in [-0.05, 0) is 12.2 Å². The molecular formula is C8H17N3O8. The van der Waals surface area contributed by atoms with Gasteiger partial charge in [0, 0.05) is 0 Å². The second-order valence-electron chi connectivity index (χ2n) is 2.51. The molecule has 112 valence electrons. The molecule has 0 saturated heterocycles. The topological polar surface area (TPSA) is 254 Å². The van der Waals surface area contributed by atoms with Gasteiger partial charge in [0.15, 0.2) is 0 Å². The van der Waals surface area contributed by atoms with Crippen LogP contribution in [-0.2, 0) is 19.2 Å². The molecule has 0 saturated carbocycles. The first kappa shape index (κ1) is 25.4. The third-order valence-corrected chi connectivity index (χ3v) is 1.07. The van der Waals surface area contributed by atoms with Gasteiger partial charge >= 0.3 is 11.9 Å². The summed E-state index contributed by atoms with van der Waals surface area (Å²) in [6.07, 6.45) is 0.236. The number of hydrogen-bond acceptors (Lipinski definition) is 7. The average Bonchev–Trinajstić information content (AvgIpc) is 2.14. The zero-order chi connectivity index (χ0) is 14.0. The number of carbonyl (C=O) groups is 4. The SMILES string of the molecule is N[C@@H](CC(=O)O)C(=O)O.O=C([O-])/C=C/C(=O)[O-].[NH4+].[NH4+]. The molecule has 0 amide bonds. The molecule has 1 atom stereocenters. The Morgan fingerprint density at radius 2 is 1.32 bits per heavy atom. The van der Waals surface area contributed by atoms with Crippen molar-refractivity contribution in [2.75, 3.05) is 0 Å². The minimum atomic E-state index is -1.55. The van der Waals surface area contributed by atoms with Crippen molar-refractivity contribution in [2.45, 2.75) is 12.5 Å². The third-order valence-electron chi connectivity index (χ3n) is 1.07. The van der Waals surface area contributed by atoms with E-state index in [1.54, 1.807) is 0 Å². The van der Waals surface area contributed by atoms with Crippen LogP contribution in [0.3, 0.4) is 0 Å². The molecule has 0 aromatic heterocycles. The van der Waals surface area contributed by atoms with Crippen molar-refractivity contribution in [3.05, 3.63) is 12.2 Å². The van der Waals surface area contributed by atoms with Crippen molar-refractivity contribution < 1.29 is 39.6 Å². The normalized spacial score (nSPS) is 9.95. The monoisotopic (exact) mass is 283 g/mol. The van der Waals surface area contributed by atoms with Gasteiger partial charge in [-0.25, -0.2) is 0 Å². The lowest BCUT2D eigenvalue weighted by Gasteiger charge is -1.99. The predicted molar refractivity (Wildman–Crippen MR) is 59.0 cm³/mol. The summed E-state index contributed by atoms with van der Waals surface area (Å²) < 4.78 is 0. The Labute approximate surface area is 107 Å². The van der Waals surface area contributed by atoms with Gasteiger partial charge in [0.2, 0.25) is 0 Å². The van der Waals surface area contributed by atoms with E-state index in [1.807, 2.05) is 0 Å². The summed E-state index contributed by atoms with van der Waals surface area (Å²) >= 11 is 0. The standard InChI is InChI=1S/C4H7NO4.C4H4O4.2H3N/c5-2(4(8)9)1-3(6)7;5-3(6)1-2-4(7)8;;/h2H,1,5H2,(H,6,7)(H,8,9);1-2H,(H,5,6)(H,7,8);2*1H3/b;2-1+;;/t2-;;;/m0.../s1. The van der Waals surface area contributed by atoms with Crippen molar-refractivity contribution >= 4 is 23.9 Å². The molecule has 0 aliphatic heterocycles. The summed E-state index contributed by atoms with van der Waals surface area (Å²) in [7, 11) is 0. The highest BCUT2D eigenvalue weighted by Crippen LogP contribution is 1.86. The molecule has 0 bridgehead atoms. The number of aliphatic carboxylic acids is 4. The van der Waals surface area contributed by atoms with Crippen LogP contribution in [0.4, 0.5) is 0 Å². The summed E-state index contributed by atoms with van der Waals surface area (Å²) in [5, 5.41) is 34.9. The van der Waals surface area contributed by atoms with Crippen LogP contribution in [-0.4, -0.2) is 40.1 Å². The van der Waals surface area contributed by atoms with Gasteiger partial charge in [-0.2, -0.15) is 0 Å². The van der Waals surface area contributed by atoms with Crippen LogP contribution >= 0.6 is 0 Å². The zero-order valence-corrected chi connectivity index (χ0v) is 10.4. The van der Waals surface area contributed by atoms with Crippen molar-refractivity contribution in [1.82, 2.24) is 12.3 Å². The summed E-state index contributed by atoms with van der Waals surface area (Å²) in [5.74, 6) is -5.59. The van der Waals surface area contributed by atoms with Gasteiger partial charge in [0.05, 0.1) is 18.4 Å². The van der Waals surface area contributed by atoms with Crippen LogP contribution in [0.1, 0.15) is 6.42 Å². The highest BCUT2D eigenvalue weighted by atomic mass is 16.4. The Kier molecular flexibility index (Phi) is 18.1. The quantitative estimate of drug-likeness (QED) is 0.315. The predicted octanol–water partition coefficient (Wildman–Crippen LogP) is -3.33. The molecule has 12 N–H and O–H groups in total. The van der Waals surface area contributed by atoms with E-state index in [0.717, 1.165) is 0 Å². The van der Waals surface area contributed by atoms with Crippen molar-refractivity contribution in [2.24, 2.45) is 5.73 Å². The minimum absolute atomic E-state index is 0. The van der Waals surface area contributed by atoms with E-state index >= 15 is 0 Å². The Hall–Kier alpha value is -2.50. The summed E-state index contributed by atoms with van der Waals surface area (Å²) in [4.78, 5) is 38.4. The maximum absolute atomic E-state index is 9.85. The van der Waals surface area contributed by atoms with Crippen molar-refractivity contribution in [3.63, 3.8) is 0 Å². The lowest BCUT2D eigenvalue weighted by Crippen LogP contribution is -2.32. The third kappa shape index (κ3) is 25.6. The summed E-state index contributed by atoms with van der Waals surface area (Å²) in [6.45, 7) is 0. The first-order valence-corrected chi connectivity index (χ1v) is 3.97. The van der Waals surface area contributed by atoms with Crippen LogP contribution in [0, 0.1) is 0 Å². The van der Waals surface area contributed by atoms with Crippen LogP contribution in [0.5, 0.6) is 0 Å². The van der Waals surface area contributed by atoms with E-state index in [-0.39, 0.29) is 12.3 Å². The first-order chi connectivity index (χ1) is 7.66. The fourth-order valence-corrected chi connectivity index (χ4v) is 0.412. The Bertz CT molecular complexity index is 325. The van der Waals surface area contributed by atoms with Gasteiger partial charge in [0.1, 0.15) is 6.04 Å². The van der Waals surface area contributed by atoms with Crippen molar-refractivity contribution in [1.29, 1.82) is 0 Å². The molecule has 0 aliphatic carbocycles. The first-order valence-electron chi connectivity index (χ1n) is 3.97. The fraction of sp³-hybridized carbons (Fsp3) is 0.250. The van der Waals surface area contributed by atoms with Crippen LogP contribution in [0.25, 0.3) is 0 Å². The molecule has 0 rings (SSSR count). The van der Waals surface area contributed by atoms with E-state index in [9.17, 15) is 29.4 Å². The van der Waals surface area contributed by atoms with E-state index < -0.39 is 36.3 Å². The molecular weight excluding hydrogens is 266 g/mol. The fourth-order valence-electron chi connectivity index (χ4n) is 0.412. The molecule has 0 heterocycles. The maximum atomic E-state index is 9.85. The van der Waals surface area contributed by atoms with E-state index in [4.69, 9.17) is 15.9 Å². The molecule has 0 spiro atoms. The highest BCUT2D eigenvalue weighted by Gasteiger charge is 2.14. The number of nitrogens with two attached hydrogens (primary N) is 1. The molecule has 19 heavy (non-hydrogen) atoms. The molecule has 0 radical (unpaired) electrons. The number of quaternary nitrogens is 2. The van der Waals surface area contributed by atoms with Crippen LogP contribution in [0.2, 0.25) is 0 Å². The number of rotatable bonds is 5. The number of hydrogen-bond donors (Lipinski definition) is 5. The van der Waals surface area contributed by atoms with Gasteiger partial charge in [-0.1, -0.05) is 0 Å². The lowest BCUT2D eigenvalue weighted by molar-refractivity contribution is -0.301. The largest absolute Gasteiger partial charge is 0.545 e. The van der Waals surface area contributed by atoms with E-state index in [2.05, 4.69) is 0 Å². The molecule has 0 aromatic rings. The minimum Gasteiger partial charge on any atom is -0.545 e. The summed E-state index contributed by atoms with van der Waals surface area (Å²) in [6, 6.07) is -1.29. The smallest absolute Gasteiger partial charge is 0.321 e. The highest BCUT2D eigenvalue weighted by molar-refractivity contribution is 5.87. The molecule has 0 aliphatic rings. The second kappa shape index (κ2) is 13.6. The van der Waals surface area contributed by atoms with E-state index in [1.165, 1.54) is 0 Å². The number of carboxylic acids is 4. The molecule has 0 fully saturated rings. The Morgan fingerprint density at radius 1 is 1.00 bits per heavy atom. The van der Waals surface area contributed by atoms with Crippen LogP contribution < -0.4 is 28.2 Å². The number of carboxylic acid groups (broad SMARTS) is 4. The maximum Gasteiger partial charge on any atom is 0.321 e. The molecule has 11 heteroatoms. The number of carbonyl (C=O) groups excluding carboxylic acids is 2. The second-order valence-corrected chi connectivity index (χ2v) is 2.51. The van der Waals surface area contributed by atoms with Gasteiger partial charge in [-0.3, -0.25) is 9.59 Å². The van der Waals surface area contributed by atoms with Crippen LogP contribution in [0.15, 0.2) is 12.2 Å². The van der Waals surface area contributed by atoms with Crippen molar-refractivity contribution in [3.8, 4) is 0 Å². The van der Waals surface area contributed by atoms with E-state index in [0.29, 0.717) is 12.2 Å². The molecule has 0 unspecified atom stereocenters. The zero-order valence-electron chi connectivity index (χ0n) is 10.4. The van der Waals surface area contributed by atoms with Gasteiger partial charge < -0.3 is 48.0 Å². The Morgan fingerprint density at radius 3 is 1.42 bits per heavy atom. The van der Waals surface area contributed by atoms with Gasteiger partial charge in [0.25, 0.3) is 0 Å². The summed E-state index contributed by atoms with van der Waals surface area (Å²) in [5.41, 5.74) is 4.84. The molecule has 0 aromatic carbocycles. The average molecular weight is 283 g/mol. The lowest BCUT2D eigenvalue weighted by atomic mass is 10.2. The van der Waals surface area contributed by atoms with Gasteiger partial charge in [-0.15, -0.1) is 0 Å². The Balaban J connectivity index is -0.000000108. The molecule has 11 nitrogen and oxygen atoms in total.